The third-order valence-corrected chi connectivity index (χ3v) is 3.13. The van der Waals surface area contributed by atoms with Gasteiger partial charge < -0.3 is 10.0 Å². The van der Waals surface area contributed by atoms with Gasteiger partial charge in [0.2, 0.25) is 0 Å². The summed E-state index contributed by atoms with van der Waals surface area (Å²) in [5.74, 6) is -0.166. The second-order valence-corrected chi connectivity index (χ2v) is 6.03. The van der Waals surface area contributed by atoms with E-state index in [0.29, 0.717) is 0 Å². The quantitative estimate of drug-likeness (QED) is 0.897. The molecule has 2 amide bonds. The lowest BCUT2D eigenvalue weighted by Gasteiger charge is -2.29. The van der Waals surface area contributed by atoms with E-state index in [4.69, 9.17) is 0 Å². The minimum atomic E-state index is -4.49. The van der Waals surface area contributed by atoms with Gasteiger partial charge in [-0.15, -0.1) is 0 Å². The number of hydrogen-bond donors (Lipinski definition) is 2. The van der Waals surface area contributed by atoms with E-state index in [1.807, 2.05) is 0 Å². The van der Waals surface area contributed by atoms with E-state index in [1.165, 1.54) is 4.90 Å². The first-order valence-electron chi connectivity index (χ1n) is 6.89. The van der Waals surface area contributed by atoms with E-state index in [-0.39, 0.29) is 18.4 Å². The lowest BCUT2D eigenvalue weighted by molar-refractivity contribution is -0.137. The zero-order valence-corrected chi connectivity index (χ0v) is 12.3. The number of carbonyl (C=O) groups is 1. The number of carbonyl (C=O) groups excluding carboxylic acids is 1. The van der Waals surface area contributed by atoms with Crippen LogP contribution in [0.1, 0.15) is 32.3 Å². The molecule has 1 saturated carbocycles. The Balaban J connectivity index is 2.10. The van der Waals surface area contributed by atoms with Crippen molar-refractivity contribution in [2.45, 2.75) is 44.5 Å². The molecular formula is C14H18F3N3O2. The van der Waals surface area contributed by atoms with Crippen LogP contribution in [0, 0.1) is 0 Å². The fraction of sp³-hybridized carbons (Fsp3) is 0.571. The molecule has 1 aliphatic rings. The minimum Gasteiger partial charge on any atom is -0.389 e. The van der Waals surface area contributed by atoms with Gasteiger partial charge in [-0.2, -0.15) is 13.2 Å². The molecule has 122 valence electrons. The minimum absolute atomic E-state index is 0.0113. The molecule has 0 spiro atoms. The number of pyridine rings is 1. The van der Waals surface area contributed by atoms with Gasteiger partial charge in [0.1, 0.15) is 5.82 Å². The van der Waals surface area contributed by atoms with Gasteiger partial charge in [0.15, 0.2) is 0 Å². The standard InChI is InChI=1S/C14H18F3N3O2/c1-13(2,22)8-20(10-3-4-10)12(21)19-11-7-9(5-6-18-11)14(15,16)17/h5-7,10,22H,3-4,8H2,1-2H3,(H,18,19,21). The van der Waals surface area contributed by atoms with Crippen LogP contribution in [-0.2, 0) is 6.18 Å². The van der Waals surface area contributed by atoms with Gasteiger partial charge in [0.25, 0.3) is 0 Å². The van der Waals surface area contributed by atoms with Crippen LogP contribution >= 0.6 is 0 Å². The molecule has 0 unspecified atom stereocenters. The number of rotatable bonds is 4. The zero-order valence-electron chi connectivity index (χ0n) is 12.3. The lowest BCUT2D eigenvalue weighted by atomic mass is 10.1. The van der Waals surface area contributed by atoms with Crippen molar-refractivity contribution in [1.29, 1.82) is 0 Å². The average Bonchev–Trinajstić information content (AvgIpc) is 3.18. The van der Waals surface area contributed by atoms with Crippen LogP contribution in [0.2, 0.25) is 0 Å². The molecule has 0 saturated heterocycles. The van der Waals surface area contributed by atoms with Crippen molar-refractivity contribution in [3.05, 3.63) is 23.9 Å². The summed E-state index contributed by atoms with van der Waals surface area (Å²) in [7, 11) is 0. The number of hydrogen-bond acceptors (Lipinski definition) is 3. The maximum absolute atomic E-state index is 12.6. The third-order valence-electron chi connectivity index (χ3n) is 3.13. The molecule has 8 heteroatoms. The maximum atomic E-state index is 12.6. The second kappa shape index (κ2) is 5.75. The molecule has 2 N–H and O–H groups in total. The fourth-order valence-corrected chi connectivity index (χ4v) is 2.03. The van der Waals surface area contributed by atoms with Gasteiger partial charge in [0.05, 0.1) is 17.7 Å². The van der Waals surface area contributed by atoms with Crippen molar-refractivity contribution < 1.29 is 23.1 Å². The van der Waals surface area contributed by atoms with Crippen molar-refractivity contribution in [3.63, 3.8) is 0 Å². The number of halogens is 3. The summed E-state index contributed by atoms with van der Waals surface area (Å²) in [6.07, 6.45) is -1.86. The van der Waals surface area contributed by atoms with Gasteiger partial charge in [-0.05, 0) is 38.8 Å². The van der Waals surface area contributed by atoms with Gasteiger partial charge >= 0.3 is 12.2 Å². The van der Waals surface area contributed by atoms with Crippen molar-refractivity contribution in [2.75, 3.05) is 11.9 Å². The molecule has 0 bridgehead atoms. The normalized spacial score (nSPS) is 15.5. The number of nitrogens with one attached hydrogen (secondary N) is 1. The van der Waals surface area contributed by atoms with E-state index < -0.39 is 23.4 Å². The highest BCUT2D eigenvalue weighted by Gasteiger charge is 2.36. The van der Waals surface area contributed by atoms with Crippen LogP contribution in [0.4, 0.5) is 23.8 Å². The molecule has 22 heavy (non-hydrogen) atoms. The maximum Gasteiger partial charge on any atom is 0.416 e. The predicted octanol–water partition coefficient (Wildman–Crippen LogP) is 2.87. The van der Waals surface area contributed by atoms with Crippen LogP contribution in [0.15, 0.2) is 18.3 Å². The van der Waals surface area contributed by atoms with E-state index in [2.05, 4.69) is 10.3 Å². The highest BCUT2D eigenvalue weighted by atomic mass is 19.4. The Morgan fingerprint density at radius 2 is 2.09 bits per heavy atom. The van der Waals surface area contributed by atoms with Crippen LogP contribution in [0.25, 0.3) is 0 Å². The first-order chi connectivity index (χ1) is 10.1. The van der Waals surface area contributed by atoms with E-state index >= 15 is 0 Å². The molecule has 5 nitrogen and oxygen atoms in total. The molecule has 2 rings (SSSR count). The molecule has 1 heterocycles. The number of amides is 2. The van der Waals surface area contributed by atoms with Crippen molar-refractivity contribution in [2.24, 2.45) is 0 Å². The summed E-state index contributed by atoms with van der Waals surface area (Å²) in [6, 6.07) is 1.08. The molecule has 1 aliphatic carbocycles. The van der Waals surface area contributed by atoms with Gasteiger partial charge in [0, 0.05) is 12.2 Å². The first kappa shape index (κ1) is 16.5. The summed E-state index contributed by atoms with van der Waals surface area (Å²) in [6.45, 7) is 3.23. The molecule has 0 aliphatic heterocycles. The topological polar surface area (TPSA) is 65.5 Å². The van der Waals surface area contributed by atoms with Crippen LogP contribution in [-0.4, -0.2) is 39.2 Å². The summed E-state index contributed by atoms with van der Waals surface area (Å²) >= 11 is 0. The molecule has 1 aromatic heterocycles. The van der Waals surface area contributed by atoms with Crippen molar-refractivity contribution >= 4 is 11.8 Å². The van der Waals surface area contributed by atoms with Crippen LogP contribution in [0.5, 0.6) is 0 Å². The Kier molecular flexibility index (Phi) is 4.32. The summed E-state index contributed by atoms with van der Waals surface area (Å²) in [4.78, 5) is 17.4. The Labute approximate surface area is 126 Å². The molecule has 1 aromatic rings. The number of urea groups is 1. The van der Waals surface area contributed by atoms with E-state index in [9.17, 15) is 23.1 Å². The molecular weight excluding hydrogens is 299 g/mol. The predicted molar refractivity (Wildman–Crippen MR) is 74.3 cm³/mol. The molecule has 0 aromatic carbocycles. The van der Waals surface area contributed by atoms with Crippen molar-refractivity contribution in [1.82, 2.24) is 9.88 Å². The summed E-state index contributed by atoms with van der Waals surface area (Å²) in [5.41, 5.74) is -1.96. The zero-order chi connectivity index (χ0) is 16.5. The number of alkyl halides is 3. The highest BCUT2D eigenvalue weighted by Crippen LogP contribution is 2.31. The summed E-state index contributed by atoms with van der Waals surface area (Å²) in [5, 5.41) is 12.2. The number of anilines is 1. The Morgan fingerprint density at radius 3 is 2.59 bits per heavy atom. The smallest absolute Gasteiger partial charge is 0.389 e. The Morgan fingerprint density at radius 1 is 1.45 bits per heavy atom. The van der Waals surface area contributed by atoms with E-state index in [1.54, 1.807) is 13.8 Å². The molecule has 0 atom stereocenters. The number of nitrogens with zero attached hydrogens (tertiary/aromatic N) is 2. The molecule has 1 fully saturated rings. The first-order valence-corrected chi connectivity index (χ1v) is 6.89. The molecule has 0 radical (unpaired) electrons. The largest absolute Gasteiger partial charge is 0.416 e. The SMILES string of the molecule is CC(C)(O)CN(C(=O)Nc1cc(C(F)(F)F)ccn1)C1CC1. The average molecular weight is 317 g/mol. The number of aliphatic hydroxyl groups is 1. The van der Waals surface area contributed by atoms with Crippen LogP contribution in [0.3, 0.4) is 0 Å². The Bertz CT molecular complexity index is 551. The van der Waals surface area contributed by atoms with Gasteiger partial charge in [-0.1, -0.05) is 0 Å². The van der Waals surface area contributed by atoms with Gasteiger partial charge in [-0.25, -0.2) is 9.78 Å². The van der Waals surface area contributed by atoms with Crippen molar-refractivity contribution in [3.8, 4) is 0 Å². The van der Waals surface area contributed by atoms with Gasteiger partial charge in [-0.3, -0.25) is 5.32 Å². The lowest BCUT2D eigenvalue weighted by Crippen LogP contribution is -2.45. The number of aromatic nitrogens is 1. The second-order valence-electron chi connectivity index (χ2n) is 6.03. The fourth-order valence-electron chi connectivity index (χ4n) is 2.03. The monoisotopic (exact) mass is 317 g/mol. The summed E-state index contributed by atoms with van der Waals surface area (Å²) < 4.78 is 37.9. The van der Waals surface area contributed by atoms with Crippen LogP contribution < -0.4 is 5.32 Å². The third kappa shape index (κ3) is 4.59. The van der Waals surface area contributed by atoms with E-state index in [0.717, 1.165) is 31.2 Å². The Hall–Kier alpha value is -1.83. The highest BCUT2D eigenvalue weighted by molar-refractivity contribution is 5.88.